The van der Waals surface area contributed by atoms with E-state index in [-0.39, 0.29) is 35.0 Å². The maximum atomic E-state index is 14.6. The molecule has 0 radical (unpaired) electrons. The molecule has 2 aliphatic rings. The Balaban J connectivity index is 1.28. The number of nitrogens with zero attached hydrogens (tertiary/aromatic N) is 3. The van der Waals surface area contributed by atoms with Crippen LogP contribution in [0.25, 0.3) is 11.0 Å². The van der Waals surface area contributed by atoms with E-state index in [1.807, 2.05) is 17.0 Å². The van der Waals surface area contributed by atoms with E-state index in [9.17, 15) is 19.1 Å². The predicted molar refractivity (Wildman–Crippen MR) is 161 cm³/mol. The van der Waals surface area contributed by atoms with Gasteiger partial charge >= 0.3 is 0 Å². The highest BCUT2D eigenvalue weighted by Crippen LogP contribution is 2.42. The zero-order valence-electron chi connectivity index (χ0n) is 24.0. The molecule has 1 unspecified atom stereocenters. The van der Waals surface area contributed by atoms with E-state index in [1.165, 1.54) is 19.2 Å². The molecular formula is C31H34FN7O4. The normalized spacial score (nSPS) is 18.0. The van der Waals surface area contributed by atoms with Gasteiger partial charge in [-0.25, -0.2) is 4.39 Å². The van der Waals surface area contributed by atoms with Crippen LogP contribution in [0.2, 0.25) is 0 Å². The van der Waals surface area contributed by atoms with Crippen molar-refractivity contribution in [3.63, 3.8) is 0 Å². The van der Waals surface area contributed by atoms with Crippen LogP contribution < -0.4 is 20.7 Å². The lowest BCUT2D eigenvalue weighted by Crippen LogP contribution is -2.29. The van der Waals surface area contributed by atoms with E-state index in [2.05, 4.69) is 30.9 Å². The van der Waals surface area contributed by atoms with Crippen molar-refractivity contribution in [1.82, 2.24) is 25.2 Å². The maximum absolute atomic E-state index is 14.6. The summed E-state index contributed by atoms with van der Waals surface area (Å²) in [6.07, 6.45) is 4.24. The quantitative estimate of drug-likeness (QED) is 0.186. The van der Waals surface area contributed by atoms with Gasteiger partial charge in [-0.2, -0.15) is 9.97 Å². The second kappa shape index (κ2) is 12.0. The molecule has 0 spiro atoms. The van der Waals surface area contributed by atoms with Crippen LogP contribution in [0.4, 0.5) is 27.5 Å². The van der Waals surface area contributed by atoms with Crippen molar-refractivity contribution in [3.05, 3.63) is 65.1 Å². The van der Waals surface area contributed by atoms with Gasteiger partial charge in [0.1, 0.15) is 28.8 Å². The van der Waals surface area contributed by atoms with E-state index < -0.39 is 11.7 Å². The molecule has 1 aliphatic heterocycles. The van der Waals surface area contributed by atoms with Crippen molar-refractivity contribution >= 4 is 45.9 Å². The predicted octanol–water partition coefficient (Wildman–Crippen LogP) is 4.01. The second-order valence-electron chi connectivity index (χ2n) is 11.0. The number of aromatic amines is 1. The molecule has 0 saturated carbocycles. The van der Waals surface area contributed by atoms with Crippen LogP contribution >= 0.6 is 0 Å². The molecule has 224 valence electrons. The lowest BCUT2D eigenvalue weighted by Gasteiger charge is -2.18. The number of carbonyl (C=O) groups excluding carboxylic acids is 2. The number of benzene rings is 2. The highest BCUT2D eigenvalue weighted by Gasteiger charge is 2.29. The minimum absolute atomic E-state index is 0.0848. The number of anilines is 4. The molecular weight excluding hydrogens is 553 g/mol. The maximum Gasteiger partial charge on any atom is 0.256 e. The Labute approximate surface area is 247 Å². The van der Waals surface area contributed by atoms with Crippen molar-refractivity contribution in [1.29, 1.82) is 0 Å². The summed E-state index contributed by atoms with van der Waals surface area (Å²) in [6, 6.07) is 10.1. The molecule has 0 bridgehead atoms. The number of likely N-dealkylation sites (tertiary alicyclic amines) is 1. The number of hydrogen-bond donors (Lipinski definition) is 5. The molecule has 1 fully saturated rings. The van der Waals surface area contributed by atoms with Gasteiger partial charge in [-0.1, -0.05) is 6.07 Å². The average molecular weight is 588 g/mol. The topological polar surface area (TPSA) is 144 Å². The zero-order chi connectivity index (χ0) is 30.1. The molecule has 1 saturated heterocycles. The molecule has 1 amide bonds. The number of carbonyl (C=O) groups is 2. The number of aliphatic hydroxyl groups excluding tert-OH is 1. The molecule has 4 aromatic rings. The van der Waals surface area contributed by atoms with Gasteiger partial charge in [-0.15, -0.1) is 0 Å². The summed E-state index contributed by atoms with van der Waals surface area (Å²) in [5.74, 6) is 0.285. The van der Waals surface area contributed by atoms with Gasteiger partial charge in [-0.05, 0) is 66.6 Å². The number of amides is 1. The third-order valence-electron chi connectivity index (χ3n) is 8.17. The summed E-state index contributed by atoms with van der Waals surface area (Å²) in [5, 5.41) is 19.3. The number of aromatic nitrogens is 3. The van der Waals surface area contributed by atoms with Crippen LogP contribution in [0.1, 0.15) is 46.7 Å². The minimum atomic E-state index is -0.656. The van der Waals surface area contributed by atoms with Crippen molar-refractivity contribution in [2.75, 3.05) is 44.4 Å². The van der Waals surface area contributed by atoms with E-state index >= 15 is 0 Å². The molecule has 2 aromatic carbocycles. The Morgan fingerprint density at radius 1 is 1.16 bits per heavy atom. The molecule has 12 heteroatoms. The third-order valence-corrected chi connectivity index (χ3v) is 8.17. The number of ether oxygens (including phenoxy) is 1. The summed E-state index contributed by atoms with van der Waals surface area (Å²) in [5.41, 5.74) is 3.56. The number of hydrogen-bond acceptors (Lipinski definition) is 9. The van der Waals surface area contributed by atoms with Gasteiger partial charge in [0.2, 0.25) is 5.95 Å². The number of H-pyrrole nitrogens is 1. The molecule has 1 aliphatic carbocycles. The first kappa shape index (κ1) is 28.6. The first-order valence-corrected chi connectivity index (χ1v) is 14.4. The van der Waals surface area contributed by atoms with Crippen molar-refractivity contribution < 1.29 is 23.8 Å². The number of fused-ring (bicyclic) bond motifs is 2. The SMILES string of the molecule is CNC(=O)c1c(F)cccc1Nc1nc(Nc2cc3c(cc2OC)CCC3CC(=O)CN2CC[C@H](O)C2)nc2[nH]ccc12. The summed E-state index contributed by atoms with van der Waals surface area (Å²) in [7, 11) is 3.04. The van der Waals surface area contributed by atoms with Gasteiger partial charge in [0.05, 0.1) is 42.1 Å². The zero-order valence-corrected chi connectivity index (χ0v) is 24.0. The average Bonchev–Trinajstić information content (AvgIpc) is 3.73. The number of nitrogens with one attached hydrogen (secondary N) is 4. The Kier molecular flexibility index (Phi) is 7.96. The lowest BCUT2D eigenvalue weighted by molar-refractivity contribution is -0.120. The van der Waals surface area contributed by atoms with Gasteiger partial charge in [0, 0.05) is 32.8 Å². The van der Waals surface area contributed by atoms with Crippen LogP contribution in [-0.4, -0.2) is 76.5 Å². The summed E-state index contributed by atoms with van der Waals surface area (Å²) < 4.78 is 20.3. The number of halogens is 1. The number of β-amino-alcohol motifs (C(OH)–C–C–N with tert-alkyl or cyclic N) is 1. The van der Waals surface area contributed by atoms with Crippen LogP contribution in [0, 0.1) is 5.82 Å². The molecule has 43 heavy (non-hydrogen) atoms. The fourth-order valence-electron chi connectivity index (χ4n) is 6.07. The van der Waals surface area contributed by atoms with E-state index in [1.54, 1.807) is 25.4 Å². The monoisotopic (exact) mass is 587 g/mol. The summed E-state index contributed by atoms with van der Waals surface area (Å²) in [4.78, 5) is 39.8. The van der Waals surface area contributed by atoms with Crippen molar-refractivity contribution in [2.24, 2.45) is 0 Å². The van der Waals surface area contributed by atoms with Gasteiger partial charge in [-0.3, -0.25) is 14.5 Å². The van der Waals surface area contributed by atoms with Crippen LogP contribution in [0.3, 0.4) is 0 Å². The molecule has 2 atom stereocenters. The summed E-state index contributed by atoms with van der Waals surface area (Å²) in [6.45, 7) is 1.65. The first-order valence-electron chi connectivity index (χ1n) is 14.4. The second-order valence-corrected chi connectivity index (χ2v) is 11.0. The fraction of sp³-hybridized carbons (Fsp3) is 0.355. The van der Waals surface area contributed by atoms with Crippen LogP contribution in [0.5, 0.6) is 5.75 Å². The largest absolute Gasteiger partial charge is 0.495 e. The smallest absolute Gasteiger partial charge is 0.256 e. The van der Waals surface area contributed by atoms with Gasteiger partial charge in [0.25, 0.3) is 5.91 Å². The Bertz CT molecular complexity index is 1690. The number of methoxy groups -OCH3 is 1. The van der Waals surface area contributed by atoms with E-state index in [0.29, 0.717) is 54.2 Å². The number of rotatable bonds is 10. The molecule has 3 heterocycles. The highest BCUT2D eigenvalue weighted by molar-refractivity contribution is 6.01. The standard InChI is InChI=1S/C31H34FN7O4/c1-33-30(42)27-23(32)4-3-5-24(27)35-29-21-8-10-34-28(21)37-31(38-29)36-25-14-22-17(6-7-18(22)13-26(25)43-2)12-20(41)16-39-11-9-19(40)15-39/h3-5,8,10,13-14,17,19,40H,6-7,9,11-12,15-16H2,1-2H3,(H,33,42)(H3,34,35,36,37,38)/t17?,19-/m0/s1. The fourth-order valence-corrected chi connectivity index (χ4v) is 6.07. The molecule has 6 rings (SSSR count). The molecule has 2 aromatic heterocycles. The highest BCUT2D eigenvalue weighted by atomic mass is 19.1. The van der Waals surface area contributed by atoms with Crippen molar-refractivity contribution in [2.45, 2.75) is 37.7 Å². The number of ketones is 1. The van der Waals surface area contributed by atoms with Gasteiger partial charge < -0.3 is 30.8 Å². The van der Waals surface area contributed by atoms with Crippen LogP contribution in [0.15, 0.2) is 42.6 Å². The van der Waals surface area contributed by atoms with Gasteiger partial charge in [0.15, 0.2) is 0 Å². The molecule has 11 nitrogen and oxygen atoms in total. The molecule has 5 N–H and O–H groups in total. The number of aryl methyl sites for hydroxylation is 1. The third kappa shape index (κ3) is 5.88. The Morgan fingerprint density at radius 2 is 2.02 bits per heavy atom. The Morgan fingerprint density at radius 3 is 2.79 bits per heavy atom. The first-order chi connectivity index (χ1) is 20.8. The van der Waals surface area contributed by atoms with E-state index in [0.717, 1.165) is 30.5 Å². The lowest BCUT2D eigenvalue weighted by atomic mass is 9.95. The minimum Gasteiger partial charge on any atom is -0.495 e. The Hall–Kier alpha value is -4.55. The van der Waals surface area contributed by atoms with E-state index in [4.69, 9.17) is 4.74 Å². The number of aliphatic hydroxyl groups is 1. The van der Waals surface area contributed by atoms with Crippen molar-refractivity contribution in [3.8, 4) is 5.75 Å². The number of Topliss-reactive ketones (excluding diaryl/α,β-unsaturated/α-hetero) is 1. The summed E-state index contributed by atoms with van der Waals surface area (Å²) >= 11 is 0. The van der Waals surface area contributed by atoms with Crippen LogP contribution in [-0.2, 0) is 11.2 Å².